The number of aryl methyl sites for hydroxylation is 1. The molecule has 0 aliphatic carbocycles. The van der Waals surface area contributed by atoms with Crippen LogP contribution in [0.15, 0.2) is 0 Å². The highest BCUT2D eigenvalue weighted by atomic mass is 15.1. The van der Waals surface area contributed by atoms with Crippen molar-refractivity contribution in [1.29, 1.82) is 0 Å². The van der Waals surface area contributed by atoms with Crippen LogP contribution in [0.5, 0.6) is 0 Å². The molecular weight excluding hydrogens is 236 g/mol. The van der Waals surface area contributed by atoms with E-state index >= 15 is 0 Å². The molecule has 1 aromatic rings. The molecule has 0 aliphatic rings. The van der Waals surface area contributed by atoms with Crippen LogP contribution < -0.4 is 10.6 Å². The smallest absolute Gasteiger partial charge is 0.134 e. The fourth-order valence-electron chi connectivity index (χ4n) is 1.96. The first-order valence-electron chi connectivity index (χ1n) is 7.54. The second-order valence-corrected chi connectivity index (χ2v) is 4.90. The van der Waals surface area contributed by atoms with E-state index in [1.54, 1.807) is 0 Å². The maximum atomic E-state index is 4.63. The van der Waals surface area contributed by atoms with Gasteiger partial charge in [-0.25, -0.2) is 9.97 Å². The van der Waals surface area contributed by atoms with E-state index < -0.39 is 0 Å². The molecule has 0 atom stereocenters. The number of nitrogens with one attached hydrogen (secondary N) is 2. The fourth-order valence-corrected chi connectivity index (χ4v) is 1.96. The van der Waals surface area contributed by atoms with Gasteiger partial charge in [0.05, 0.1) is 0 Å². The van der Waals surface area contributed by atoms with Crippen LogP contribution in [0.4, 0.5) is 11.6 Å². The molecule has 0 saturated heterocycles. The van der Waals surface area contributed by atoms with Gasteiger partial charge in [-0.15, -0.1) is 0 Å². The van der Waals surface area contributed by atoms with Crippen molar-refractivity contribution in [2.24, 2.45) is 0 Å². The Bertz CT molecular complexity index is 386. The Kier molecular flexibility index (Phi) is 6.60. The maximum Gasteiger partial charge on any atom is 0.134 e. The Morgan fingerprint density at radius 2 is 1.63 bits per heavy atom. The van der Waals surface area contributed by atoms with Crippen molar-refractivity contribution < 1.29 is 0 Å². The summed E-state index contributed by atoms with van der Waals surface area (Å²) in [5, 5.41) is 6.94. The van der Waals surface area contributed by atoms with E-state index in [9.17, 15) is 0 Å². The third-order valence-corrected chi connectivity index (χ3v) is 3.38. The highest BCUT2D eigenvalue weighted by Crippen LogP contribution is 2.22. The third kappa shape index (κ3) is 4.37. The summed E-state index contributed by atoms with van der Waals surface area (Å²) in [4.78, 5) is 9.22. The third-order valence-electron chi connectivity index (χ3n) is 3.38. The molecule has 2 N–H and O–H groups in total. The Morgan fingerprint density at radius 1 is 1.00 bits per heavy atom. The van der Waals surface area contributed by atoms with Gasteiger partial charge in [-0.3, -0.25) is 0 Å². The van der Waals surface area contributed by atoms with E-state index in [1.807, 2.05) is 0 Å². The normalized spacial score (nSPS) is 10.8. The molecule has 0 amide bonds. The van der Waals surface area contributed by atoms with Gasteiger partial charge >= 0.3 is 0 Å². The minimum Gasteiger partial charge on any atom is -0.370 e. The molecule has 0 unspecified atom stereocenters. The molecule has 0 spiro atoms. The summed E-state index contributed by atoms with van der Waals surface area (Å²) >= 11 is 0. The van der Waals surface area contributed by atoms with Gasteiger partial charge in [0.1, 0.15) is 17.5 Å². The second kappa shape index (κ2) is 7.97. The largest absolute Gasteiger partial charge is 0.370 e. The van der Waals surface area contributed by atoms with E-state index in [4.69, 9.17) is 0 Å². The summed E-state index contributed by atoms with van der Waals surface area (Å²) in [7, 11) is 0. The first-order chi connectivity index (χ1) is 9.15. The molecule has 0 saturated carbocycles. The van der Waals surface area contributed by atoms with Crippen molar-refractivity contribution in [2.45, 2.75) is 66.3 Å². The van der Waals surface area contributed by atoms with Crippen molar-refractivity contribution >= 4 is 11.6 Å². The van der Waals surface area contributed by atoms with Crippen molar-refractivity contribution in [3.05, 3.63) is 11.4 Å². The van der Waals surface area contributed by atoms with E-state index in [0.29, 0.717) is 6.04 Å². The maximum absolute atomic E-state index is 4.63. The van der Waals surface area contributed by atoms with Crippen molar-refractivity contribution in [3.63, 3.8) is 0 Å². The summed E-state index contributed by atoms with van der Waals surface area (Å²) in [6.45, 7) is 11.7. The number of rotatable bonds is 8. The SMILES string of the molecule is CCCNc1nc(CC)nc(NC(CC)CC)c1C. The molecule has 0 radical (unpaired) electrons. The standard InChI is InChI=1S/C15H28N4/c1-6-10-16-14-11(5)15(17-12(7-2)8-3)19-13(9-4)18-14/h12H,6-10H2,1-5H3,(H2,16,17,18,19). The van der Waals surface area contributed by atoms with Crippen LogP contribution in [0.25, 0.3) is 0 Å². The monoisotopic (exact) mass is 264 g/mol. The molecule has 1 heterocycles. The van der Waals surface area contributed by atoms with Crippen molar-refractivity contribution in [3.8, 4) is 0 Å². The lowest BCUT2D eigenvalue weighted by Crippen LogP contribution is -2.20. The topological polar surface area (TPSA) is 49.8 Å². The van der Waals surface area contributed by atoms with E-state index in [0.717, 1.165) is 55.3 Å². The Balaban J connectivity index is 3.00. The highest BCUT2D eigenvalue weighted by Gasteiger charge is 2.12. The molecule has 4 heteroatoms. The van der Waals surface area contributed by atoms with Crippen LogP contribution in [-0.4, -0.2) is 22.6 Å². The molecule has 19 heavy (non-hydrogen) atoms. The molecule has 1 aromatic heterocycles. The first kappa shape index (κ1) is 15.7. The lowest BCUT2D eigenvalue weighted by Gasteiger charge is -2.19. The Hall–Kier alpha value is -1.32. The lowest BCUT2D eigenvalue weighted by molar-refractivity contribution is 0.666. The summed E-state index contributed by atoms with van der Waals surface area (Å²) in [5.41, 5.74) is 1.12. The Labute approximate surface area is 117 Å². The number of hydrogen-bond acceptors (Lipinski definition) is 4. The van der Waals surface area contributed by atoms with Crippen LogP contribution in [0.1, 0.15) is 58.3 Å². The van der Waals surface area contributed by atoms with E-state index in [2.05, 4.69) is 55.2 Å². The average Bonchev–Trinajstić information content (AvgIpc) is 2.44. The van der Waals surface area contributed by atoms with Crippen LogP contribution >= 0.6 is 0 Å². The molecule has 0 aliphatic heterocycles. The number of anilines is 2. The number of hydrogen-bond donors (Lipinski definition) is 2. The van der Waals surface area contributed by atoms with Gasteiger partial charge in [0.15, 0.2) is 0 Å². The van der Waals surface area contributed by atoms with Gasteiger partial charge in [0.2, 0.25) is 0 Å². The zero-order chi connectivity index (χ0) is 14.3. The van der Waals surface area contributed by atoms with Gasteiger partial charge in [-0.2, -0.15) is 0 Å². The zero-order valence-electron chi connectivity index (χ0n) is 13.0. The van der Waals surface area contributed by atoms with Gasteiger partial charge < -0.3 is 10.6 Å². The van der Waals surface area contributed by atoms with Crippen LogP contribution in [0, 0.1) is 6.92 Å². The van der Waals surface area contributed by atoms with Gasteiger partial charge in [0, 0.05) is 24.6 Å². The van der Waals surface area contributed by atoms with Crippen LogP contribution in [0.3, 0.4) is 0 Å². The van der Waals surface area contributed by atoms with Crippen molar-refractivity contribution in [2.75, 3.05) is 17.2 Å². The predicted octanol–water partition coefficient (Wildman–Crippen LogP) is 3.77. The van der Waals surface area contributed by atoms with Crippen LogP contribution in [0.2, 0.25) is 0 Å². The van der Waals surface area contributed by atoms with E-state index in [1.165, 1.54) is 0 Å². The molecule has 0 bridgehead atoms. The van der Waals surface area contributed by atoms with Gasteiger partial charge in [0.25, 0.3) is 0 Å². The molecule has 108 valence electrons. The fraction of sp³-hybridized carbons (Fsp3) is 0.733. The summed E-state index contributed by atoms with van der Waals surface area (Å²) < 4.78 is 0. The van der Waals surface area contributed by atoms with E-state index in [-0.39, 0.29) is 0 Å². The average molecular weight is 264 g/mol. The van der Waals surface area contributed by atoms with Crippen molar-refractivity contribution in [1.82, 2.24) is 9.97 Å². The molecular formula is C15H28N4. The lowest BCUT2D eigenvalue weighted by atomic mass is 10.1. The number of nitrogens with zero attached hydrogens (tertiary/aromatic N) is 2. The quantitative estimate of drug-likeness (QED) is 0.750. The molecule has 0 fully saturated rings. The minimum absolute atomic E-state index is 0.484. The minimum atomic E-state index is 0.484. The molecule has 0 aromatic carbocycles. The van der Waals surface area contributed by atoms with Crippen LogP contribution in [-0.2, 0) is 6.42 Å². The second-order valence-electron chi connectivity index (χ2n) is 4.90. The predicted molar refractivity (Wildman–Crippen MR) is 82.9 cm³/mol. The van der Waals surface area contributed by atoms with Gasteiger partial charge in [-0.1, -0.05) is 27.7 Å². The molecule has 1 rings (SSSR count). The zero-order valence-corrected chi connectivity index (χ0v) is 13.0. The summed E-state index contributed by atoms with van der Waals surface area (Å²) in [5.74, 6) is 2.86. The molecule has 4 nitrogen and oxygen atoms in total. The highest BCUT2D eigenvalue weighted by molar-refractivity contribution is 5.57. The van der Waals surface area contributed by atoms with Gasteiger partial charge in [-0.05, 0) is 26.2 Å². The summed E-state index contributed by atoms with van der Waals surface area (Å²) in [6, 6.07) is 0.484. The number of aromatic nitrogens is 2. The summed E-state index contributed by atoms with van der Waals surface area (Å²) in [6.07, 6.45) is 4.18. The Morgan fingerprint density at radius 3 is 2.16 bits per heavy atom. The first-order valence-corrected chi connectivity index (χ1v) is 7.54.